The number of hydrogen-bond acceptors (Lipinski definition) is 10. The summed E-state index contributed by atoms with van der Waals surface area (Å²) in [4.78, 5) is 43.5. The van der Waals surface area contributed by atoms with Gasteiger partial charge in [-0.25, -0.2) is 9.59 Å². The van der Waals surface area contributed by atoms with Crippen LogP contribution in [-0.2, 0) is 24.3 Å². The van der Waals surface area contributed by atoms with Crippen LogP contribution in [0.3, 0.4) is 0 Å². The number of isothiocyanates is 2. The Kier molecular flexibility index (Phi) is 24.3. The van der Waals surface area contributed by atoms with E-state index in [0.29, 0.717) is 11.6 Å². The zero-order valence-electron chi connectivity index (χ0n) is 49.1. The Hall–Kier alpha value is -10.9. The fourth-order valence-electron chi connectivity index (χ4n) is 10.2. The Labute approximate surface area is 552 Å². The van der Waals surface area contributed by atoms with Crippen LogP contribution in [0.1, 0.15) is 56.8 Å². The van der Waals surface area contributed by atoms with E-state index in [1.807, 2.05) is 24.5 Å². The van der Waals surface area contributed by atoms with Gasteiger partial charge in [0.15, 0.2) is 0 Å². The summed E-state index contributed by atoms with van der Waals surface area (Å²) < 4.78 is 0. The van der Waals surface area contributed by atoms with E-state index in [4.69, 9.17) is 31.0 Å². The SMILES string of the molecule is CC1C=C(c2ccccc2)C=CC1N(c1ccccc1)c1ccc(/C=C/c2ccnc(-c3cc(/C=C/c4ccc(N(c5ccccc5)c5ccc(-c6ccccc6)cc5)cc4)ccn3)c2)cc1.O=C(O)C1=CC(c2cc(C(=O)O)ccn2)N=C1.[N-]=C=S.[N-]=C=S.[Ru+2]. The molecule has 15 heteroatoms. The molecule has 0 saturated carbocycles. The minimum atomic E-state index is -1.06. The first-order valence-electron chi connectivity index (χ1n) is 28.5. The van der Waals surface area contributed by atoms with Gasteiger partial charge in [0.1, 0.15) is 6.04 Å². The largest absolute Gasteiger partial charge is 2.00 e. The third kappa shape index (κ3) is 18.1. The maximum atomic E-state index is 10.8. The summed E-state index contributed by atoms with van der Waals surface area (Å²) >= 11 is 7.40. The van der Waals surface area contributed by atoms with Crippen molar-refractivity contribution in [1.29, 1.82) is 0 Å². The number of aromatic carboxylic acids is 1. The number of carbonyl (C=O) groups is 2. The molecule has 3 unspecified atom stereocenters. The molecule has 0 radical (unpaired) electrons. The standard InChI is InChI=1S/C63H50N4.C11H8N2O4.2CNS.Ru/c1-47-44-55(53-16-8-3-9-17-53)32-39-63(47)67(57-20-12-5-13-21-57)60-35-28-49(29-36-60)23-25-51-41-43-65-62(46-51)61-45-50(40-42-64-61)24-22-48-26-33-58(34-27-48)66(56-18-10-4-11-19-56)59-37-30-54(31-38-59)52-14-6-2-7-15-52;14-10(15)6-1-2-12-8(3-6)9-4-7(5-13-9)11(16)17;2*2-1-3;/h2-47,63H,1H3;1-5,9H,(H,14,15)(H,16,17);;;/q;;2*-1;+2/b24-22+,25-23+;;;;. The average molecular weight is 1310 g/mol. The number of carboxylic acid groups (broad SMARTS) is 2. The maximum Gasteiger partial charge on any atom is 2.00 e. The molecule has 2 N–H and O–H groups in total. The molecule has 1 aliphatic heterocycles. The van der Waals surface area contributed by atoms with E-state index in [-0.39, 0.29) is 36.7 Å². The molecule has 446 valence electrons. The fraction of sp³-hybridized carbons (Fsp3) is 0.0526. The molecule has 0 amide bonds. The first-order chi connectivity index (χ1) is 44.0. The molecule has 7 aromatic carbocycles. The number of aliphatic carboxylic acids is 1. The van der Waals surface area contributed by atoms with Gasteiger partial charge in [0.2, 0.25) is 0 Å². The van der Waals surface area contributed by atoms with Crippen molar-refractivity contribution >= 4 is 111 Å². The van der Waals surface area contributed by atoms with E-state index >= 15 is 0 Å². The van der Waals surface area contributed by atoms with Gasteiger partial charge in [0.05, 0.1) is 34.3 Å². The Morgan fingerprint density at radius 3 is 1.42 bits per heavy atom. The minimum absolute atomic E-state index is 0. The van der Waals surface area contributed by atoms with Crippen molar-refractivity contribution in [3.8, 4) is 22.5 Å². The third-order valence-corrected chi connectivity index (χ3v) is 14.5. The molecule has 12 rings (SSSR count). The molecule has 3 atom stereocenters. The van der Waals surface area contributed by atoms with E-state index in [9.17, 15) is 9.59 Å². The number of hydrogen-bond donors (Lipinski definition) is 2. The second-order valence-corrected chi connectivity index (χ2v) is 20.8. The molecule has 91 heavy (non-hydrogen) atoms. The van der Waals surface area contributed by atoms with Gasteiger partial charge < -0.3 is 30.8 Å². The van der Waals surface area contributed by atoms with Crippen molar-refractivity contribution in [1.82, 2.24) is 15.0 Å². The van der Waals surface area contributed by atoms with Crippen LogP contribution in [0.4, 0.5) is 28.4 Å². The number of anilines is 5. The zero-order valence-corrected chi connectivity index (χ0v) is 52.4. The Morgan fingerprint density at radius 2 is 0.923 bits per heavy atom. The number of benzene rings is 7. The number of nitrogens with zero attached hydrogens (tertiary/aromatic N) is 8. The number of para-hydroxylation sites is 2. The quantitative estimate of drug-likeness (QED) is 0.0535. The smallest absolute Gasteiger partial charge is 0.753 e. The van der Waals surface area contributed by atoms with Crippen LogP contribution in [0.15, 0.2) is 284 Å². The summed E-state index contributed by atoms with van der Waals surface area (Å²) in [5.74, 6) is -1.82. The van der Waals surface area contributed by atoms with Gasteiger partial charge in [0.25, 0.3) is 0 Å². The van der Waals surface area contributed by atoms with Crippen LogP contribution in [0.2, 0.25) is 0 Å². The summed E-state index contributed by atoms with van der Waals surface area (Å²) in [6.07, 6.45) is 23.3. The number of thiocarbonyl (C=S) groups is 2. The van der Waals surface area contributed by atoms with Crippen molar-refractivity contribution in [2.75, 3.05) is 9.80 Å². The van der Waals surface area contributed by atoms with Gasteiger partial charge in [-0.1, -0.05) is 207 Å². The second kappa shape index (κ2) is 33.5. The molecule has 10 aromatic rings. The zero-order chi connectivity index (χ0) is 63.0. The molecule has 0 spiro atoms. The van der Waals surface area contributed by atoms with Crippen LogP contribution >= 0.6 is 24.4 Å². The Morgan fingerprint density at radius 1 is 0.495 bits per heavy atom. The van der Waals surface area contributed by atoms with Crippen LogP contribution in [0.5, 0.6) is 0 Å². The van der Waals surface area contributed by atoms with Crippen LogP contribution in [-0.4, -0.2) is 59.7 Å². The average Bonchev–Trinajstić information content (AvgIpc) is 2.88. The molecule has 1 aliphatic carbocycles. The van der Waals surface area contributed by atoms with Crippen molar-refractivity contribution in [3.05, 3.63) is 329 Å². The number of carboxylic acids is 2. The number of aromatic nitrogens is 3. The Bertz CT molecular complexity index is 4310. The predicted octanol–water partition coefficient (Wildman–Crippen LogP) is 18.6. The maximum absolute atomic E-state index is 10.8. The summed E-state index contributed by atoms with van der Waals surface area (Å²) in [5, 5.41) is 34.5. The normalized spacial score (nSPS) is 14.2. The second-order valence-electron chi connectivity index (χ2n) is 20.4. The van der Waals surface area contributed by atoms with Crippen molar-refractivity contribution in [2.24, 2.45) is 10.9 Å². The predicted molar refractivity (Wildman–Crippen MR) is 373 cm³/mol. The number of rotatable bonds is 16. The van der Waals surface area contributed by atoms with E-state index in [0.717, 1.165) is 56.4 Å². The van der Waals surface area contributed by atoms with E-state index in [1.54, 1.807) is 0 Å². The monoisotopic (exact) mass is 1310 g/mol. The molecule has 2 aliphatic rings. The molecule has 12 nitrogen and oxygen atoms in total. The molecule has 0 fully saturated rings. The van der Waals surface area contributed by atoms with Gasteiger partial charge >= 0.3 is 31.4 Å². The number of aliphatic imine (C=N–C) groups is 1. The Balaban J connectivity index is 0.000000376. The van der Waals surface area contributed by atoms with Crippen LogP contribution in [0, 0.1) is 5.92 Å². The summed E-state index contributed by atoms with van der Waals surface area (Å²) in [6, 6.07) is 79.3. The molecule has 3 aromatic heterocycles. The number of pyridine rings is 3. The topological polar surface area (TPSA) is 177 Å². The first kappa shape index (κ1) is 66.1. The van der Waals surface area contributed by atoms with Gasteiger partial charge in [-0.05, 0) is 154 Å². The molecular weight excluding hydrogens is 1250 g/mol. The number of allylic oxidation sites excluding steroid dienone is 2. The van der Waals surface area contributed by atoms with Crippen molar-refractivity contribution in [3.63, 3.8) is 0 Å². The van der Waals surface area contributed by atoms with Crippen molar-refractivity contribution < 1.29 is 39.3 Å². The van der Waals surface area contributed by atoms with Crippen LogP contribution < -0.4 is 9.80 Å². The van der Waals surface area contributed by atoms with Crippen LogP contribution in [0.25, 0.3) is 63.2 Å². The van der Waals surface area contributed by atoms with Gasteiger partial charge in [-0.3, -0.25) is 19.9 Å². The van der Waals surface area contributed by atoms with Gasteiger partial charge in [0, 0.05) is 53.2 Å². The first-order valence-corrected chi connectivity index (χ1v) is 29.3. The molecule has 4 heterocycles. The van der Waals surface area contributed by atoms with Gasteiger partial charge in [-0.15, -0.1) is 0 Å². The minimum Gasteiger partial charge on any atom is -0.753 e. The van der Waals surface area contributed by atoms with Crippen molar-refractivity contribution in [2.45, 2.75) is 19.0 Å². The third-order valence-electron chi connectivity index (χ3n) is 14.5. The van der Waals surface area contributed by atoms with E-state index in [1.165, 1.54) is 68.9 Å². The van der Waals surface area contributed by atoms with Gasteiger partial charge in [-0.2, -0.15) is 10.3 Å². The molecular formula is C76H58N8O4RuS2. The fourth-order valence-corrected chi connectivity index (χ4v) is 10.2. The summed E-state index contributed by atoms with van der Waals surface area (Å²) in [7, 11) is 0. The van der Waals surface area contributed by atoms with E-state index in [2.05, 4.69) is 300 Å². The summed E-state index contributed by atoms with van der Waals surface area (Å²) in [6.45, 7) is 2.31. The molecule has 0 saturated heterocycles. The van der Waals surface area contributed by atoms with E-state index < -0.39 is 18.0 Å². The summed E-state index contributed by atoms with van der Waals surface area (Å²) in [5.41, 5.74) is 17.1. The molecule has 0 bridgehead atoms.